The Labute approximate surface area is 190 Å². The molecule has 3 aromatic rings. The number of hydrogen-bond donors (Lipinski definition) is 0. The van der Waals surface area contributed by atoms with Gasteiger partial charge in [0, 0.05) is 19.4 Å². The summed E-state index contributed by atoms with van der Waals surface area (Å²) in [6.45, 7) is 2.55. The number of aromatic nitrogens is 1. The van der Waals surface area contributed by atoms with Crippen molar-refractivity contribution in [1.29, 1.82) is 0 Å². The lowest BCUT2D eigenvalue weighted by Gasteiger charge is -2.08. The van der Waals surface area contributed by atoms with Gasteiger partial charge in [-0.3, -0.25) is 14.7 Å². The molecule has 4 rings (SSSR count). The Hall–Kier alpha value is -3.09. The van der Waals surface area contributed by atoms with E-state index in [2.05, 4.69) is 41.2 Å². The lowest BCUT2D eigenvalue weighted by Crippen LogP contribution is -2.23. The Bertz CT molecular complexity index is 1180. The molecule has 2 aromatic carbocycles. The number of benzene rings is 2. The largest absolute Gasteiger partial charge is 0.489 e. The molecule has 0 atom stereocenters. The molecular weight excluding hydrogens is 430 g/mol. The third-order valence-electron chi connectivity index (χ3n) is 4.65. The van der Waals surface area contributed by atoms with E-state index in [0.717, 1.165) is 16.9 Å². The van der Waals surface area contributed by atoms with Crippen molar-refractivity contribution >= 4 is 46.2 Å². The van der Waals surface area contributed by atoms with Gasteiger partial charge >= 0.3 is 0 Å². The molecule has 0 aliphatic carbocycles. The van der Waals surface area contributed by atoms with Crippen LogP contribution in [0.5, 0.6) is 5.75 Å². The fraction of sp³-hybridized carbons (Fsp3) is 0.125. The van der Waals surface area contributed by atoms with E-state index in [-0.39, 0.29) is 5.91 Å². The lowest BCUT2D eigenvalue weighted by atomic mass is 10.1. The highest BCUT2D eigenvalue weighted by Crippen LogP contribution is 2.34. The number of thioether (sulfide) groups is 1. The second kappa shape index (κ2) is 9.37. The predicted octanol–water partition coefficient (Wildman–Crippen LogP) is 5.86. The lowest BCUT2D eigenvalue weighted by molar-refractivity contribution is -0.121. The zero-order valence-electron chi connectivity index (χ0n) is 17.1. The summed E-state index contributed by atoms with van der Waals surface area (Å²) < 4.78 is 5.92. The zero-order chi connectivity index (χ0) is 21.8. The highest BCUT2D eigenvalue weighted by Gasteiger charge is 2.30. The maximum Gasteiger partial charge on any atom is 0.266 e. The monoisotopic (exact) mass is 449 g/mol. The molecule has 1 fully saturated rings. The number of carbonyl (C=O) groups is 1. The number of amidine groups is 1. The molecule has 1 amide bonds. The number of hydrogen-bond acceptors (Lipinski definition) is 5. The SMILES string of the molecule is Cc1ccc(COc2cccc(/C=C3\SC(=Nc4ccncc4Cl)N(C)C3=O)c2)cc1. The van der Waals surface area contributed by atoms with Gasteiger partial charge in [-0.25, -0.2) is 4.99 Å². The number of pyridine rings is 1. The van der Waals surface area contributed by atoms with Crippen LogP contribution in [-0.4, -0.2) is 28.0 Å². The van der Waals surface area contributed by atoms with Crippen LogP contribution in [0.15, 0.2) is 76.9 Å². The van der Waals surface area contributed by atoms with E-state index in [1.807, 2.05) is 30.3 Å². The van der Waals surface area contributed by atoms with Crippen molar-refractivity contribution in [2.24, 2.45) is 4.99 Å². The van der Waals surface area contributed by atoms with Crippen molar-refractivity contribution < 1.29 is 9.53 Å². The normalized spacial score (nSPS) is 16.4. The first-order chi connectivity index (χ1) is 15.0. The smallest absolute Gasteiger partial charge is 0.266 e. The summed E-state index contributed by atoms with van der Waals surface area (Å²) in [5.41, 5.74) is 3.78. The molecule has 7 heteroatoms. The van der Waals surface area contributed by atoms with Crippen LogP contribution < -0.4 is 4.74 Å². The first-order valence-electron chi connectivity index (χ1n) is 9.64. The van der Waals surface area contributed by atoms with E-state index < -0.39 is 0 Å². The van der Waals surface area contributed by atoms with Crippen molar-refractivity contribution in [3.05, 3.63) is 93.6 Å². The number of amides is 1. The van der Waals surface area contributed by atoms with E-state index in [9.17, 15) is 4.79 Å². The van der Waals surface area contributed by atoms with Crippen molar-refractivity contribution in [3.8, 4) is 5.75 Å². The first kappa shape index (κ1) is 21.2. The summed E-state index contributed by atoms with van der Waals surface area (Å²) in [4.78, 5) is 23.3. The average Bonchev–Trinajstić information content (AvgIpc) is 3.03. The number of ether oxygens (including phenoxy) is 1. The maximum absolute atomic E-state index is 12.7. The molecule has 5 nitrogen and oxygen atoms in total. The van der Waals surface area contributed by atoms with Gasteiger partial charge in [-0.2, -0.15) is 0 Å². The van der Waals surface area contributed by atoms with E-state index in [1.54, 1.807) is 19.3 Å². The number of aryl methyl sites for hydroxylation is 1. The van der Waals surface area contributed by atoms with Gasteiger partial charge in [0.15, 0.2) is 5.17 Å². The topological polar surface area (TPSA) is 54.8 Å². The second-order valence-electron chi connectivity index (χ2n) is 7.04. The fourth-order valence-corrected chi connectivity index (χ4v) is 4.05. The number of rotatable bonds is 5. The quantitative estimate of drug-likeness (QED) is 0.458. The minimum Gasteiger partial charge on any atom is -0.489 e. The number of halogens is 1. The van der Waals surface area contributed by atoms with E-state index in [4.69, 9.17) is 16.3 Å². The van der Waals surface area contributed by atoms with Crippen molar-refractivity contribution in [2.75, 3.05) is 7.05 Å². The molecule has 0 bridgehead atoms. The predicted molar refractivity (Wildman–Crippen MR) is 127 cm³/mol. The van der Waals surface area contributed by atoms with Gasteiger partial charge in [-0.15, -0.1) is 0 Å². The molecule has 0 spiro atoms. The van der Waals surface area contributed by atoms with Crippen molar-refractivity contribution in [3.63, 3.8) is 0 Å². The Morgan fingerprint density at radius 3 is 2.77 bits per heavy atom. The van der Waals surface area contributed by atoms with Crippen LogP contribution in [0.1, 0.15) is 16.7 Å². The van der Waals surface area contributed by atoms with Crippen LogP contribution in [0.3, 0.4) is 0 Å². The summed E-state index contributed by atoms with van der Waals surface area (Å²) in [6.07, 6.45) is 4.99. The Balaban J connectivity index is 1.50. The van der Waals surface area contributed by atoms with Gasteiger partial charge in [-0.05, 0) is 54.1 Å². The van der Waals surface area contributed by atoms with Crippen LogP contribution in [0, 0.1) is 6.92 Å². The van der Waals surface area contributed by atoms with Crippen LogP contribution in [-0.2, 0) is 11.4 Å². The highest BCUT2D eigenvalue weighted by molar-refractivity contribution is 8.18. The number of carbonyl (C=O) groups excluding carboxylic acids is 1. The van der Waals surface area contributed by atoms with Gasteiger partial charge in [-0.1, -0.05) is 53.6 Å². The molecule has 0 saturated carbocycles. The minimum atomic E-state index is -0.111. The Kier molecular flexibility index (Phi) is 6.39. The molecule has 1 aliphatic heterocycles. The average molecular weight is 450 g/mol. The van der Waals surface area contributed by atoms with Gasteiger partial charge in [0.25, 0.3) is 5.91 Å². The zero-order valence-corrected chi connectivity index (χ0v) is 18.7. The summed E-state index contributed by atoms with van der Waals surface area (Å²) in [5, 5.41) is 1.00. The highest BCUT2D eigenvalue weighted by atomic mass is 35.5. The summed E-state index contributed by atoms with van der Waals surface area (Å²) in [5.74, 6) is 0.635. The van der Waals surface area contributed by atoms with Gasteiger partial charge in [0.1, 0.15) is 12.4 Å². The van der Waals surface area contributed by atoms with Crippen LogP contribution in [0.4, 0.5) is 5.69 Å². The Morgan fingerprint density at radius 1 is 1.19 bits per heavy atom. The number of nitrogens with zero attached hydrogens (tertiary/aromatic N) is 3. The number of likely N-dealkylation sites (N-methyl/N-ethyl adjacent to an activating group) is 1. The molecule has 0 N–H and O–H groups in total. The molecule has 2 heterocycles. The molecule has 0 unspecified atom stereocenters. The second-order valence-corrected chi connectivity index (χ2v) is 8.46. The molecule has 1 aromatic heterocycles. The molecule has 31 heavy (non-hydrogen) atoms. The van der Waals surface area contributed by atoms with E-state index in [0.29, 0.717) is 27.4 Å². The number of aliphatic imine (C=N–C) groups is 1. The van der Waals surface area contributed by atoms with Crippen LogP contribution >= 0.6 is 23.4 Å². The summed E-state index contributed by atoms with van der Waals surface area (Å²) in [6, 6.07) is 17.6. The summed E-state index contributed by atoms with van der Waals surface area (Å²) >= 11 is 7.45. The summed E-state index contributed by atoms with van der Waals surface area (Å²) in [7, 11) is 1.70. The van der Waals surface area contributed by atoms with Gasteiger partial charge in [0.2, 0.25) is 0 Å². The van der Waals surface area contributed by atoms with Crippen molar-refractivity contribution in [2.45, 2.75) is 13.5 Å². The third kappa shape index (κ3) is 5.16. The van der Waals surface area contributed by atoms with Crippen molar-refractivity contribution in [1.82, 2.24) is 9.88 Å². The molecule has 156 valence electrons. The van der Waals surface area contributed by atoms with E-state index in [1.165, 1.54) is 28.4 Å². The third-order valence-corrected chi connectivity index (χ3v) is 6.00. The minimum absolute atomic E-state index is 0.111. The van der Waals surface area contributed by atoms with Gasteiger partial charge < -0.3 is 4.74 Å². The Morgan fingerprint density at radius 2 is 2.00 bits per heavy atom. The van der Waals surface area contributed by atoms with Crippen LogP contribution in [0.25, 0.3) is 6.08 Å². The first-order valence-corrected chi connectivity index (χ1v) is 10.8. The molecule has 1 saturated heterocycles. The standard InChI is InChI=1S/C24H20ClN3O2S/c1-16-6-8-17(9-7-16)15-30-19-5-3-4-18(12-19)13-22-23(29)28(2)24(31-22)27-21-10-11-26-14-20(21)25/h3-14H,15H2,1-2H3/b22-13-,27-24?. The van der Waals surface area contributed by atoms with E-state index >= 15 is 0 Å². The molecular formula is C24H20ClN3O2S. The van der Waals surface area contributed by atoms with Crippen LogP contribution in [0.2, 0.25) is 5.02 Å². The van der Waals surface area contributed by atoms with Gasteiger partial charge in [0.05, 0.1) is 15.6 Å². The molecule has 0 radical (unpaired) electrons. The fourth-order valence-electron chi connectivity index (χ4n) is 2.91. The molecule has 1 aliphatic rings. The maximum atomic E-state index is 12.7.